The van der Waals surface area contributed by atoms with E-state index in [1.54, 1.807) is 14.2 Å². The van der Waals surface area contributed by atoms with E-state index in [1.807, 2.05) is 0 Å². The van der Waals surface area contributed by atoms with Crippen molar-refractivity contribution in [1.82, 2.24) is 10.2 Å². The molecule has 3 N–H and O–H groups in total. The number of nitrogens with two attached hydrogens (primary N) is 1. The molecule has 0 fully saturated rings. The average Bonchev–Trinajstić information content (AvgIpc) is 2.37. The summed E-state index contributed by atoms with van der Waals surface area (Å²) < 4.78 is 4.25. The maximum atomic E-state index is 9.89. The van der Waals surface area contributed by atoms with Gasteiger partial charge in [-0.05, 0) is 0 Å². The SMILES string of the molecule is COC.Nc1cc(C=O)[nH]n1. The molecule has 62 valence electrons. The lowest BCUT2D eigenvalue weighted by Crippen LogP contribution is -1.81. The molecular formula is C6H11N3O2. The molecule has 0 atom stereocenters. The number of ether oxygens (including phenoxy) is 1. The number of methoxy groups -OCH3 is 1. The van der Waals surface area contributed by atoms with Gasteiger partial charge in [0.25, 0.3) is 0 Å². The van der Waals surface area contributed by atoms with Gasteiger partial charge in [-0.15, -0.1) is 0 Å². The molecule has 0 aliphatic carbocycles. The van der Waals surface area contributed by atoms with E-state index in [2.05, 4.69) is 14.9 Å². The summed E-state index contributed by atoms with van der Waals surface area (Å²) in [6, 6.07) is 1.47. The van der Waals surface area contributed by atoms with Gasteiger partial charge in [0.15, 0.2) is 6.29 Å². The van der Waals surface area contributed by atoms with E-state index >= 15 is 0 Å². The molecule has 1 aromatic rings. The Labute approximate surface area is 64.5 Å². The van der Waals surface area contributed by atoms with Gasteiger partial charge < -0.3 is 10.5 Å². The molecular weight excluding hydrogens is 146 g/mol. The third kappa shape index (κ3) is 4.10. The number of nitrogen functional groups attached to an aromatic ring is 1. The number of rotatable bonds is 1. The topological polar surface area (TPSA) is 81.0 Å². The lowest BCUT2D eigenvalue weighted by molar-refractivity contribution is 0.111. The fourth-order valence-corrected chi connectivity index (χ4v) is 0.413. The van der Waals surface area contributed by atoms with Crippen LogP contribution in [0.2, 0.25) is 0 Å². The number of aromatic nitrogens is 2. The van der Waals surface area contributed by atoms with Crippen molar-refractivity contribution in [2.45, 2.75) is 0 Å². The van der Waals surface area contributed by atoms with Crippen LogP contribution in [0.25, 0.3) is 0 Å². The Balaban J connectivity index is 0.000000292. The molecule has 1 rings (SSSR count). The van der Waals surface area contributed by atoms with E-state index in [4.69, 9.17) is 5.73 Å². The van der Waals surface area contributed by atoms with E-state index in [0.717, 1.165) is 0 Å². The van der Waals surface area contributed by atoms with Gasteiger partial charge >= 0.3 is 0 Å². The second-order valence-electron chi connectivity index (χ2n) is 1.77. The van der Waals surface area contributed by atoms with Crippen LogP contribution in [0.1, 0.15) is 10.5 Å². The van der Waals surface area contributed by atoms with Gasteiger partial charge in [0, 0.05) is 20.3 Å². The third-order valence-electron chi connectivity index (χ3n) is 0.744. The number of hydrogen-bond acceptors (Lipinski definition) is 4. The standard InChI is InChI=1S/C4H5N3O.C2H6O/c5-4-1-3(2-8)6-7-4;1-3-2/h1-2H,(H3,5,6,7);1-2H3. The number of nitrogens with one attached hydrogen (secondary N) is 1. The zero-order valence-electron chi connectivity index (χ0n) is 6.50. The summed E-state index contributed by atoms with van der Waals surface area (Å²) in [5.41, 5.74) is 5.56. The highest BCUT2D eigenvalue weighted by Crippen LogP contribution is 1.94. The van der Waals surface area contributed by atoms with Crippen LogP contribution in [0.15, 0.2) is 6.07 Å². The first-order valence-corrected chi connectivity index (χ1v) is 2.90. The van der Waals surface area contributed by atoms with E-state index in [9.17, 15) is 4.79 Å². The normalized spacial score (nSPS) is 8.18. The van der Waals surface area contributed by atoms with Crippen molar-refractivity contribution in [3.05, 3.63) is 11.8 Å². The van der Waals surface area contributed by atoms with E-state index < -0.39 is 0 Å². The molecule has 5 nitrogen and oxygen atoms in total. The van der Waals surface area contributed by atoms with Gasteiger partial charge in [-0.25, -0.2) is 0 Å². The summed E-state index contributed by atoms with van der Waals surface area (Å²) in [5, 5.41) is 5.92. The molecule has 0 aliphatic heterocycles. The predicted octanol–water partition coefficient (Wildman–Crippen LogP) is 0.0670. The Morgan fingerprint density at radius 2 is 2.27 bits per heavy atom. The molecule has 0 aromatic carbocycles. The van der Waals surface area contributed by atoms with E-state index in [0.29, 0.717) is 17.8 Å². The quantitative estimate of drug-likeness (QED) is 0.565. The highest BCUT2D eigenvalue weighted by molar-refractivity contribution is 5.72. The second-order valence-corrected chi connectivity index (χ2v) is 1.77. The molecule has 0 unspecified atom stereocenters. The number of aromatic amines is 1. The van der Waals surface area contributed by atoms with Gasteiger partial charge in [-0.1, -0.05) is 0 Å². The number of anilines is 1. The first kappa shape index (κ1) is 9.64. The van der Waals surface area contributed by atoms with Crippen LogP contribution in [0.4, 0.5) is 5.82 Å². The molecule has 0 spiro atoms. The highest BCUT2D eigenvalue weighted by Gasteiger charge is 1.90. The van der Waals surface area contributed by atoms with Gasteiger partial charge in [-0.3, -0.25) is 9.89 Å². The zero-order chi connectivity index (χ0) is 8.69. The number of carbonyl (C=O) groups excluding carboxylic acids is 1. The van der Waals surface area contributed by atoms with Crippen LogP contribution in [0.3, 0.4) is 0 Å². The minimum absolute atomic E-state index is 0.340. The molecule has 0 radical (unpaired) electrons. The second kappa shape index (κ2) is 5.43. The third-order valence-corrected chi connectivity index (χ3v) is 0.744. The first-order valence-electron chi connectivity index (χ1n) is 2.90. The number of hydrogen-bond donors (Lipinski definition) is 2. The summed E-state index contributed by atoms with van der Waals surface area (Å²) in [6.45, 7) is 0. The average molecular weight is 157 g/mol. The minimum atomic E-state index is 0.340. The lowest BCUT2D eigenvalue weighted by Gasteiger charge is -1.68. The summed E-state index contributed by atoms with van der Waals surface area (Å²) in [6.07, 6.45) is 0.656. The smallest absolute Gasteiger partial charge is 0.167 e. The summed E-state index contributed by atoms with van der Waals surface area (Å²) in [4.78, 5) is 9.89. The Morgan fingerprint density at radius 1 is 1.73 bits per heavy atom. The maximum absolute atomic E-state index is 9.89. The van der Waals surface area contributed by atoms with Crippen molar-refractivity contribution in [1.29, 1.82) is 0 Å². The molecule has 0 saturated carbocycles. The molecule has 0 saturated heterocycles. The van der Waals surface area contributed by atoms with Gasteiger partial charge in [0.05, 0.1) is 5.69 Å². The van der Waals surface area contributed by atoms with Gasteiger partial charge in [-0.2, -0.15) is 5.10 Å². The summed E-state index contributed by atoms with van der Waals surface area (Å²) in [7, 11) is 3.25. The lowest BCUT2D eigenvalue weighted by atomic mass is 10.5. The van der Waals surface area contributed by atoms with Crippen LogP contribution in [-0.4, -0.2) is 30.7 Å². The van der Waals surface area contributed by atoms with Crippen molar-refractivity contribution < 1.29 is 9.53 Å². The Kier molecular flexibility index (Phi) is 4.76. The molecule has 5 heteroatoms. The number of aldehydes is 1. The Morgan fingerprint density at radius 3 is 2.45 bits per heavy atom. The van der Waals surface area contributed by atoms with Gasteiger partial charge in [0.1, 0.15) is 5.82 Å². The fraction of sp³-hybridized carbons (Fsp3) is 0.333. The monoisotopic (exact) mass is 157 g/mol. The highest BCUT2D eigenvalue weighted by atomic mass is 16.4. The summed E-state index contributed by atoms with van der Waals surface area (Å²) >= 11 is 0. The van der Waals surface area contributed by atoms with Crippen molar-refractivity contribution >= 4 is 12.1 Å². The van der Waals surface area contributed by atoms with Crippen molar-refractivity contribution in [2.75, 3.05) is 20.0 Å². The van der Waals surface area contributed by atoms with Crippen molar-refractivity contribution in [2.24, 2.45) is 0 Å². The molecule has 11 heavy (non-hydrogen) atoms. The van der Waals surface area contributed by atoms with E-state index in [-0.39, 0.29) is 0 Å². The molecule has 1 aromatic heterocycles. The first-order chi connectivity index (χ1) is 5.24. The summed E-state index contributed by atoms with van der Waals surface area (Å²) in [5.74, 6) is 0.340. The fourth-order valence-electron chi connectivity index (χ4n) is 0.413. The predicted molar refractivity (Wildman–Crippen MR) is 41.3 cm³/mol. The number of nitrogens with zero attached hydrogens (tertiary/aromatic N) is 1. The van der Waals surface area contributed by atoms with Crippen molar-refractivity contribution in [3.63, 3.8) is 0 Å². The number of carbonyl (C=O) groups is 1. The van der Waals surface area contributed by atoms with Crippen LogP contribution in [-0.2, 0) is 4.74 Å². The van der Waals surface area contributed by atoms with Crippen LogP contribution in [0, 0.1) is 0 Å². The Bertz CT molecular complexity index is 209. The molecule has 0 aliphatic rings. The van der Waals surface area contributed by atoms with Gasteiger partial charge in [0.2, 0.25) is 0 Å². The van der Waals surface area contributed by atoms with Crippen LogP contribution in [0.5, 0.6) is 0 Å². The van der Waals surface area contributed by atoms with Crippen LogP contribution < -0.4 is 5.73 Å². The van der Waals surface area contributed by atoms with Crippen molar-refractivity contribution in [3.8, 4) is 0 Å². The Hall–Kier alpha value is -1.36. The maximum Gasteiger partial charge on any atom is 0.167 e. The minimum Gasteiger partial charge on any atom is -0.388 e. The largest absolute Gasteiger partial charge is 0.388 e. The molecule has 1 heterocycles. The van der Waals surface area contributed by atoms with Crippen LogP contribution >= 0.6 is 0 Å². The molecule has 0 amide bonds. The number of H-pyrrole nitrogens is 1. The van der Waals surface area contributed by atoms with E-state index in [1.165, 1.54) is 6.07 Å². The molecule has 0 bridgehead atoms. The zero-order valence-corrected chi connectivity index (χ0v) is 6.50.